The van der Waals surface area contributed by atoms with E-state index in [1.807, 2.05) is 12.1 Å². The Bertz CT molecular complexity index is 544. The number of halogens is 1. The third-order valence-corrected chi connectivity index (χ3v) is 4.97. The van der Waals surface area contributed by atoms with Crippen LogP contribution in [0.3, 0.4) is 0 Å². The first-order chi connectivity index (χ1) is 12.7. The van der Waals surface area contributed by atoms with E-state index < -0.39 is 0 Å². The van der Waals surface area contributed by atoms with Gasteiger partial charge in [0, 0.05) is 45.3 Å². The standard InChI is InChI=1S/C20H35N5O.HI/c1-5-21-20(23-16-18-7-9-19(26-4)10-8-18)22-15-17(3)25-13-11-24(6-2)12-14-25;/h7-10,17H,5-6,11-16H2,1-4H3,(H2,21,22,23);1H. The number of hydrogen-bond donors (Lipinski definition) is 2. The number of likely N-dealkylation sites (N-methyl/N-ethyl adjacent to an activating group) is 1. The maximum absolute atomic E-state index is 5.20. The predicted octanol–water partition coefficient (Wildman–Crippen LogP) is 2.39. The normalized spacial score (nSPS) is 17.1. The van der Waals surface area contributed by atoms with Gasteiger partial charge in [0.15, 0.2) is 5.96 Å². The van der Waals surface area contributed by atoms with Crippen LogP contribution in [0.25, 0.3) is 0 Å². The molecule has 0 spiro atoms. The quantitative estimate of drug-likeness (QED) is 0.334. The zero-order valence-electron chi connectivity index (χ0n) is 17.2. The second-order valence-electron chi connectivity index (χ2n) is 6.74. The third-order valence-electron chi connectivity index (χ3n) is 4.97. The van der Waals surface area contributed by atoms with Gasteiger partial charge < -0.3 is 20.3 Å². The Morgan fingerprint density at radius 3 is 2.33 bits per heavy atom. The molecule has 2 rings (SSSR count). The van der Waals surface area contributed by atoms with Crippen molar-refractivity contribution in [3.8, 4) is 5.75 Å². The van der Waals surface area contributed by atoms with Crippen LogP contribution in [0.15, 0.2) is 29.3 Å². The van der Waals surface area contributed by atoms with Gasteiger partial charge in [0.2, 0.25) is 0 Å². The lowest BCUT2D eigenvalue weighted by atomic mass is 10.2. The van der Waals surface area contributed by atoms with Crippen molar-refractivity contribution >= 4 is 29.9 Å². The molecule has 1 aromatic carbocycles. The summed E-state index contributed by atoms with van der Waals surface area (Å²) < 4.78 is 5.20. The second-order valence-corrected chi connectivity index (χ2v) is 6.74. The minimum absolute atomic E-state index is 0. The summed E-state index contributed by atoms with van der Waals surface area (Å²) in [6.07, 6.45) is 0. The largest absolute Gasteiger partial charge is 0.497 e. The number of guanidine groups is 1. The molecule has 0 aromatic heterocycles. The van der Waals surface area contributed by atoms with Crippen LogP contribution in [-0.2, 0) is 6.54 Å². The highest BCUT2D eigenvalue weighted by Crippen LogP contribution is 2.11. The summed E-state index contributed by atoms with van der Waals surface area (Å²) in [7, 11) is 1.68. The number of methoxy groups -OCH3 is 1. The highest BCUT2D eigenvalue weighted by Gasteiger charge is 2.20. The van der Waals surface area contributed by atoms with Gasteiger partial charge in [-0.2, -0.15) is 0 Å². The number of nitrogens with zero attached hydrogens (tertiary/aromatic N) is 3. The Labute approximate surface area is 181 Å². The van der Waals surface area contributed by atoms with E-state index in [0.717, 1.165) is 44.4 Å². The van der Waals surface area contributed by atoms with Crippen LogP contribution < -0.4 is 15.4 Å². The topological polar surface area (TPSA) is 52.1 Å². The molecule has 0 aliphatic carbocycles. The fourth-order valence-corrected chi connectivity index (χ4v) is 3.14. The first kappa shape index (κ1) is 24.0. The van der Waals surface area contributed by atoms with Crippen molar-refractivity contribution in [2.24, 2.45) is 4.99 Å². The van der Waals surface area contributed by atoms with Gasteiger partial charge in [-0.1, -0.05) is 19.1 Å². The minimum Gasteiger partial charge on any atom is -0.497 e. The van der Waals surface area contributed by atoms with Crippen molar-refractivity contribution in [3.05, 3.63) is 29.8 Å². The molecule has 1 saturated heterocycles. The molecule has 1 aliphatic rings. The molecule has 0 bridgehead atoms. The molecule has 1 heterocycles. The molecule has 27 heavy (non-hydrogen) atoms. The maximum Gasteiger partial charge on any atom is 0.191 e. The van der Waals surface area contributed by atoms with Crippen LogP contribution in [-0.4, -0.2) is 74.7 Å². The third kappa shape index (κ3) is 8.23. The molecule has 1 unspecified atom stereocenters. The molecule has 1 aromatic rings. The van der Waals surface area contributed by atoms with Gasteiger partial charge in [0.25, 0.3) is 0 Å². The van der Waals surface area contributed by atoms with Gasteiger partial charge in [-0.25, -0.2) is 4.99 Å². The number of nitrogens with one attached hydrogen (secondary N) is 2. The van der Waals surface area contributed by atoms with Gasteiger partial charge in [0.05, 0.1) is 13.7 Å². The Morgan fingerprint density at radius 2 is 1.78 bits per heavy atom. The van der Waals surface area contributed by atoms with E-state index in [9.17, 15) is 0 Å². The fraction of sp³-hybridized carbons (Fsp3) is 0.650. The molecule has 0 saturated carbocycles. The first-order valence-corrected chi connectivity index (χ1v) is 9.77. The van der Waals surface area contributed by atoms with Crippen molar-refractivity contribution < 1.29 is 4.74 Å². The number of aliphatic imine (C=N–C) groups is 1. The van der Waals surface area contributed by atoms with Gasteiger partial charge >= 0.3 is 0 Å². The Balaban J connectivity index is 0.00000364. The van der Waals surface area contributed by atoms with Crippen LogP contribution in [0.4, 0.5) is 0 Å². The summed E-state index contributed by atoms with van der Waals surface area (Å²) in [4.78, 5) is 9.78. The van der Waals surface area contributed by atoms with Crippen molar-refractivity contribution in [1.82, 2.24) is 20.4 Å². The van der Waals surface area contributed by atoms with Crippen LogP contribution in [0, 0.1) is 0 Å². The molecule has 1 atom stereocenters. The number of rotatable bonds is 8. The van der Waals surface area contributed by atoms with E-state index in [1.165, 1.54) is 18.7 Å². The summed E-state index contributed by atoms with van der Waals surface area (Å²) >= 11 is 0. The van der Waals surface area contributed by atoms with Crippen LogP contribution in [0.2, 0.25) is 0 Å². The van der Waals surface area contributed by atoms with Crippen molar-refractivity contribution in [2.75, 3.05) is 52.9 Å². The summed E-state index contributed by atoms with van der Waals surface area (Å²) in [6.45, 7) is 14.8. The van der Waals surface area contributed by atoms with E-state index >= 15 is 0 Å². The van der Waals surface area contributed by atoms with E-state index in [0.29, 0.717) is 12.6 Å². The molecule has 2 N–H and O–H groups in total. The van der Waals surface area contributed by atoms with Crippen LogP contribution in [0.1, 0.15) is 26.3 Å². The molecule has 1 aliphatic heterocycles. The molecule has 1 fully saturated rings. The summed E-state index contributed by atoms with van der Waals surface area (Å²) in [6, 6.07) is 8.56. The number of piperazine rings is 1. The van der Waals surface area contributed by atoms with E-state index in [4.69, 9.17) is 9.73 Å². The van der Waals surface area contributed by atoms with Gasteiger partial charge in [-0.3, -0.25) is 4.90 Å². The number of ether oxygens (including phenoxy) is 1. The van der Waals surface area contributed by atoms with Crippen molar-refractivity contribution in [2.45, 2.75) is 33.4 Å². The van der Waals surface area contributed by atoms with Gasteiger partial charge in [-0.15, -0.1) is 24.0 Å². The highest BCUT2D eigenvalue weighted by atomic mass is 127. The molecule has 0 amide bonds. The molecule has 154 valence electrons. The molecular weight excluding hydrogens is 453 g/mol. The fourth-order valence-electron chi connectivity index (χ4n) is 3.14. The average molecular weight is 489 g/mol. The minimum atomic E-state index is 0. The molecular formula is C20H36IN5O. The lowest BCUT2D eigenvalue weighted by Crippen LogP contribution is -2.53. The number of benzene rings is 1. The van der Waals surface area contributed by atoms with Crippen LogP contribution in [0.5, 0.6) is 5.75 Å². The summed E-state index contributed by atoms with van der Waals surface area (Å²) in [5.74, 6) is 1.75. The zero-order chi connectivity index (χ0) is 18.8. The first-order valence-electron chi connectivity index (χ1n) is 9.77. The summed E-state index contributed by atoms with van der Waals surface area (Å²) in [5.41, 5.74) is 1.17. The molecule has 0 radical (unpaired) electrons. The van der Waals surface area contributed by atoms with Gasteiger partial charge in [-0.05, 0) is 38.1 Å². The smallest absolute Gasteiger partial charge is 0.191 e. The van der Waals surface area contributed by atoms with E-state index in [2.05, 4.69) is 53.3 Å². The second kappa shape index (κ2) is 13.2. The maximum atomic E-state index is 5.20. The lowest BCUT2D eigenvalue weighted by molar-refractivity contribution is 0.107. The Morgan fingerprint density at radius 1 is 1.11 bits per heavy atom. The van der Waals surface area contributed by atoms with Crippen molar-refractivity contribution in [3.63, 3.8) is 0 Å². The summed E-state index contributed by atoms with van der Waals surface area (Å²) in [5, 5.41) is 6.83. The average Bonchev–Trinajstić information content (AvgIpc) is 2.70. The Kier molecular flexibility index (Phi) is 11.7. The zero-order valence-corrected chi connectivity index (χ0v) is 19.5. The van der Waals surface area contributed by atoms with E-state index in [-0.39, 0.29) is 24.0 Å². The monoisotopic (exact) mass is 489 g/mol. The molecule has 7 heteroatoms. The van der Waals surface area contributed by atoms with Crippen molar-refractivity contribution in [1.29, 1.82) is 0 Å². The van der Waals surface area contributed by atoms with Crippen LogP contribution >= 0.6 is 24.0 Å². The SMILES string of the molecule is CCNC(=NCc1ccc(OC)cc1)NCC(C)N1CCN(CC)CC1.I. The Hall–Kier alpha value is -1.06. The predicted molar refractivity (Wildman–Crippen MR) is 124 cm³/mol. The number of hydrogen-bond acceptors (Lipinski definition) is 4. The highest BCUT2D eigenvalue weighted by molar-refractivity contribution is 14.0. The van der Waals surface area contributed by atoms with Gasteiger partial charge in [0.1, 0.15) is 5.75 Å². The van der Waals surface area contributed by atoms with E-state index in [1.54, 1.807) is 7.11 Å². The lowest BCUT2D eigenvalue weighted by Gasteiger charge is -2.37. The molecule has 6 nitrogen and oxygen atoms in total.